The third-order valence-corrected chi connectivity index (χ3v) is 4.16. The Bertz CT molecular complexity index is 1040. The van der Waals surface area contributed by atoms with E-state index in [0.717, 1.165) is 10.1 Å². The minimum Gasteiger partial charge on any atom is -0.464 e. The number of rotatable bonds is 3. The van der Waals surface area contributed by atoms with Crippen LogP contribution in [0.2, 0.25) is 5.28 Å². The molecule has 0 amide bonds. The highest BCUT2D eigenvalue weighted by Gasteiger charge is 2.27. The van der Waals surface area contributed by atoms with Crippen molar-refractivity contribution in [3.8, 4) is 17.3 Å². The molecule has 3 aromatic rings. The van der Waals surface area contributed by atoms with Gasteiger partial charge in [0.05, 0.1) is 30.9 Å². The Morgan fingerprint density at radius 3 is 2.69 bits per heavy atom. The zero-order valence-corrected chi connectivity index (χ0v) is 15.3. The lowest BCUT2D eigenvalue weighted by atomic mass is 9.86. The number of hydrogen-bond acceptors (Lipinski definition) is 5. The fourth-order valence-corrected chi connectivity index (χ4v) is 2.96. The van der Waals surface area contributed by atoms with Crippen molar-refractivity contribution in [3.05, 3.63) is 29.4 Å². The summed E-state index contributed by atoms with van der Waals surface area (Å²) in [5, 5.41) is 23.1. The van der Waals surface area contributed by atoms with E-state index in [0.29, 0.717) is 29.6 Å². The molecule has 26 heavy (non-hydrogen) atoms. The van der Waals surface area contributed by atoms with E-state index in [9.17, 15) is 9.90 Å². The van der Waals surface area contributed by atoms with Gasteiger partial charge < -0.3 is 5.11 Å². The molecule has 0 radical (unpaired) electrons. The fraction of sp³-hybridized carbons (Fsp3) is 0.353. The Morgan fingerprint density at radius 1 is 1.35 bits per heavy atom. The Kier molecular flexibility index (Phi) is 4.42. The first-order chi connectivity index (χ1) is 12.2. The Morgan fingerprint density at radius 2 is 2.08 bits per heavy atom. The first kappa shape index (κ1) is 17.9. The standard InChI is InChI=1S/C17H17ClN6O2/c1-17(2,3)11-9-24(16(25)26)14-12(11)13(21-15(18)22-14)10-7-20-23(8-10)6-4-5-19/h7-9H,4,6H2,1-3H3,(H,25,26). The molecule has 9 heteroatoms. The molecule has 0 aliphatic carbocycles. The van der Waals surface area contributed by atoms with Crippen molar-refractivity contribution in [2.75, 3.05) is 0 Å². The van der Waals surface area contributed by atoms with Crippen LogP contribution >= 0.6 is 11.6 Å². The maximum absolute atomic E-state index is 11.6. The summed E-state index contributed by atoms with van der Waals surface area (Å²) in [5.41, 5.74) is 1.91. The van der Waals surface area contributed by atoms with Gasteiger partial charge in [-0.2, -0.15) is 15.3 Å². The lowest BCUT2D eigenvalue weighted by Gasteiger charge is -2.18. The van der Waals surface area contributed by atoms with Crippen molar-refractivity contribution in [2.24, 2.45) is 0 Å². The van der Waals surface area contributed by atoms with Gasteiger partial charge in [0, 0.05) is 23.3 Å². The number of aromatic nitrogens is 5. The van der Waals surface area contributed by atoms with E-state index in [2.05, 4.69) is 21.1 Å². The highest BCUT2D eigenvalue weighted by molar-refractivity contribution is 6.29. The lowest BCUT2D eigenvalue weighted by molar-refractivity contribution is 0.197. The summed E-state index contributed by atoms with van der Waals surface area (Å²) in [6.07, 6.45) is 4.14. The maximum atomic E-state index is 11.6. The van der Waals surface area contributed by atoms with E-state index in [4.69, 9.17) is 16.9 Å². The topological polar surface area (TPSA) is 110 Å². The van der Waals surface area contributed by atoms with Gasteiger partial charge in [0.15, 0.2) is 5.65 Å². The van der Waals surface area contributed by atoms with Crippen LogP contribution in [0.15, 0.2) is 18.6 Å². The molecule has 0 atom stereocenters. The van der Waals surface area contributed by atoms with Crippen LogP contribution in [-0.4, -0.2) is 35.5 Å². The minimum absolute atomic E-state index is 0.0432. The largest absolute Gasteiger partial charge is 0.464 e. The molecule has 0 saturated carbocycles. The Labute approximate surface area is 154 Å². The molecule has 0 bridgehead atoms. The average Bonchev–Trinajstić information content (AvgIpc) is 3.16. The van der Waals surface area contributed by atoms with Gasteiger partial charge in [0.25, 0.3) is 0 Å². The van der Waals surface area contributed by atoms with Gasteiger partial charge >= 0.3 is 6.09 Å². The molecule has 8 nitrogen and oxygen atoms in total. The van der Waals surface area contributed by atoms with Gasteiger partial charge in [-0.3, -0.25) is 4.68 Å². The molecule has 0 aromatic carbocycles. The lowest BCUT2D eigenvalue weighted by Crippen LogP contribution is -2.11. The van der Waals surface area contributed by atoms with E-state index < -0.39 is 6.09 Å². The van der Waals surface area contributed by atoms with Gasteiger partial charge in [-0.25, -0.2) is 14.3 Å². The normalized spacial score (nSPS) is 11.7. The van der Waals surface area contributed by atoms with Gasteiger partial charge in [0.1, 0.15) is 0 Å². The molecule has 0 saturated heterocycles. The fourth-order valence-electron chi connectivity index (χ4n) is 2.80. The molecular formula is C17H17ClN6O2. The number of hydrogen-bond donors (Lipinski definition) is 1. The van der Waals surface area contributed by atoms with E-state index >= 15 is 0 Å². The van der Waals surface area contributed by atoms with Crippen molar-refractivity contribution in [1.82, 2.24) is 24.3 Å². The highest BCUT2D eigenvalue weighted by atomic mass is 35.5. The highest BCUT2D eigenvalue weighted by Crippen LogP contribution is 2.37. The Hall–Kier alpha value is -2.92. The van der Waals surface area contributed by atoms with Gasteiger partial charge in [-0.1, -0.05) is 20.8 Å². The van der Waals surface area contributed by atoms with Crippen LogP contribution in [0, 0.1) is 11.3 Å². The smallest absolute Gasteiger partial charge is 0.417 e. The van der Waals surface area contributed by atoms with Crippen LogP contribution in [0.1, 0.15) is 32.8 Å². The van der Waals surface area contributed by atoms with Crippen molar-refractivity contribution in [3.63, 3.8) is 0 Å². The van der Waals surface area contributed by atoms with Crippen LogP contribution in [0.5, 0.6) is 0 Å². The van der Waals surface area contributed by atoms with Crippen LogP contribution in [-0.2, 0) is 12.0 Å². The van der Waals surface area contributed by atoms with E-state index in [1.54, 1.807) is 23.3 Å². The molecule has 3 aromatic heterocycles. The summed E-state index contributed by atoms with van der Waals surface area (Å²) in [6, 6.07) is 2.07. The van der Waals surface area contributed by atoms with Crippen LogP contribution in [0.4, 0.5) is 4.79 Å². The zero-order chi connectivity index (χ0) is 19.1. The molecule has 3 rings (SSSR count). The number of fused-ring (bicyclic) bond motifs is 1. The van der Waals surface area contributed by atoms with Gasteiger partial charge in [0.2, 0.25) is 5.28 Å². The average molecular weight is 373 g/mol. The molecule has 134 valence electrons. The molecule has 0 spiro atoms. The molecular weight excluding hydrogens is 356 g/mol. The predicted molar refractivity (Wildman–Crippen MR) is 96.1 cm³/mol. The van der Waals surface area contributed by atoms with Crippen LogP contribution in [0.3, 0.4) is 0 Å². The molecule has 0 aliphatic rings. The maximum Gasteiger partial charge on any atom is 0.417 e. The summed E-state index contributed by atoms with van der Waals surface area (Å²) in [6.45, 7) is 6.43. The second kappa shape index (κ2) is 6.42. The monoisotopic (exact) mass is 372 g/mol. The number of nitrogens with zero attached hydrogens (tertiary/aromatic N) is 6. The minimum atomic E-state index is -1.14. The third-order valence-electron chi connectivity index (χ3n) is 3.99. The second-order valence-corrected chi connectivity index (χ2v) is 7.22. The molecule has 1 N–H and O–H groups in total. The summed E-state index contributed by atoms with van der Waals surface area (Å²) < 4.78 is 2.71. The van der Waals surface area contributed by atoms with Gasteiger partial charge in [-0.05, 0) is 22.6 Å². The number of aryl methyl sites for hydroxylation is 1. The van der Waals surface area contributed by atoms with Crippen molar-refractivity contribution < 1.29 is 9.90 Å². The van der Waals surface area contributed by atoms with E-state index in [-0.39, 0.29) is 16.3 Å². The summed E-state index contributed by atoms with van der Waals surface area (Å²) >= 11 is 6.07. The number of carbonyl (C=O) groups is 1. The second-order valence-electron chi connectivity index (χ2n) is 6.89. The predicted octanol–water partition coefficient (Wildman–Crippen LogP) is 3.69. The van der Waals surface area contributed by atoms with E-state index in [1.165, 1.54) is 0 Å². The number of halogens is 1. The van der Waals surface area contributed by atoms with Crippen molar-refractivity contribution in [1.29, 1.82) is 5.26 Å². The van der Waals surface area contributed by atoms with E-state index in [1.807, 2.05) is 20.8 Å². The molecule has 0 unspecified atom stereocenters. The van der Waals surface area contributed by atoms with Crippen LogP contribution in [0.25, 0.3) is 22.3 Å². The number of carboxylic acid groups (broad SMARTS) is 1. The summed E-state index contributed by atoms with van der Waals surface area (Å²) in [5.74, 6) is 0. The SMILES string of the molecule is CC(C)(C)c1cn(C(=O)O)c2nc(Cl)nc(-c3cnn(CCC#N)c3)c12. The molecule has 3 heterocycles. The quantitative estimate of drug-likeness (QED) is 0.702. The summed E-state index contributed by atoms with van der Waals surface area (Å²) in [4.78, 5) is 20.1. The zero-order valence-electron chi connectivity index (χ0n) is 14.6. The number of nitriles is 1. The Balaban J connectivity index is 2.30. The molecule has 0 fully saturated rings. The summed E-state index contributed by atoms with van der Waals surface area (Å²) in [7, 11) is 0. The van der Waals surface area contributed by atoms with Crippen LogP contribution < -0.4 is 0 Å². The van der Waals surface area contributed by atoms with Gasteiger partial charge in [-0.15, -0.1) is 0 Å². The molecule has 0 aliphatic heterocycles. The van der Waals surface area contributed by atoms with Crippen molar-refractivity contribution in [2.45, 2.75) is 39.2 Å². The first-order valence-electron chi connectivity index (χ1n) is 7.94. The third kappa shape index (κ3) is 3.13. The van der Waals surface area contributed by atoms with Crippen molar-refractivity contribution >= 4 is 28.7 Å². The first-order valence-corrected chi connectivity index (χ1v) is 8.32.